The predicted octanol–water partition coefficient (Wildman–Crippen LogP) is 4.56. The van der Waals surface area contributed by atoms with E-state index in [1.165, 1.54) is 0 Å². The summed E-state index contributed by atoms with van der Waals surface area (Å²) >= 11 is 5.76. The van der Waals surface area contributed by atoms with Crippen molar-refractivity contribution in [2.75, 3.05) is 0 Å². The summed E-state index contributed by atoms with van der Waals surface area (Å²) in [5, 5.41) is 0.544. The molecular weight excluding hydrogens is 293 g/mol. The number of halogens is 4. The van der Waals surface area contributed by atoms with Crippen molar-refractivity contribution < 1.29 is 17.6 Å². The molecule has 0 N–H and O–H groups in total. The standard InChI is InChI=1S/C13H6ClF3N2O/c14-9-3-1-7(2-4-9)11-19-10-5-8(13(15,16)17)6-18-12(10)20-11/h1-6H. The molecule has 0 aliphatic rings. The number of hydrogen-bond acceptors (Lipinski definition) is 3. The molecule has 0 spiro atoms. The molecule has 0 radical (unpaired) electrons. The van der Waals surface area contributed by atoms with E-state index in [9.17, 15) is 13.2 Å². The lowest BCUT2D eigenvalue weighted by Crippen LogP contribution is -2.04. The van der Waals surface area contributed by atoms with E-state index in [1.807, 2.05) is 0 Å². The van der Waals surface area contributed by atoms with Crippen LogP contribution in [0.3, 0.4) is 0 Å². The number of hydrogen-bond donors (Lipinski definition) is 0. The van der Waals surface area contributed by atoms with Crippen LogP contribution in [-0.4, -0.2) is 9.97 Å². The van der Waals surface area contributed by atoms with Gasteiger partial charge in [-0.1, -0.05) is 11.6 Å². The number of oxazole rings is 1. The summed E-state index contributed by atoms with van der Waals surface area (Å²) in [6.45, 7) is 0. The molecule has 3 nitrogen and oxygen atoms in total. The van der Waals surface area contributed by atoms with Crippen molar-refractivity contribution in [3.05, 3.63) is 47.1 Å². The van der Waals surface area contributed by atoms with E-state index in [0.717, 1.165) is 12.3 Å². The van der Waals surface area contributed by atoms with E-state index in [0.29, 0.717) is 10.6 Å². The van der Waals surface area contributed by atoms with Crippen molar-refractivity contribution in [2.24, 2.45) is 0 Å². The minimum atomic E-state index is -4.46. The van der Waals surface area contributed by atoms with Crippen LogP contribution in [0.15, 0.2) is 40.9 Å². The van der Waals surface area contributed by atoms with Gasteiger partial charge >= 0.3 is 6.18 Å². The van der Waals surface area contributed by atoms with Gasteiger partial charge in [-0.05, 0) is 30.3 Å². The third kappa shape index (κ3) is 2.34. The number of nitrogens with zero attached hydrogens (tertiary/aromatic N) is 2. The minimum Gasteiger partial charge on any atom is -0.418 e. The molecule has 2 heterocycles. The zero-order valence-corrected chi connectivity index (χ0v) is 10.5. The molecule has 0 bridgehead atoms. The molecule has 0 aliphatic carbocycles. The van der Waals surface area contributed by atoms with Crippen molar-refractivity contribution >= 4 is 22.8 Å². The van der Waals surface area contributed by atoms with Crippen LogP contribution in [0.4, 0.5) is 13.2 Å². The fraction of sp³-hybridized carbons (Fsp3) is 0.0769. The molecular formula is C13H6ClF3N2O. The molecule has 1 aromatic carbocycles. The Morgan fingerprint density at radius 1 is 1.10 bits per heavy atom. The lowest BCUT2D eigenvalue weighted by atomic mass is 10.2. The second kappa shape index (κ2) is 4.49. The number of fused-ring (bicyclic) bond motifs is 1. The lowest BCUT2D eigenvalue weighted by molar-refractivity contribution is -0.137. The van der Waals surface area contributed by atoms with Gasteiger partial charge in [0.15, 0.2) is 0 Å². The van der Waals surface area contributed by atoms with E-state index in [1.54, 1.807) is 24.3 Å². The molecule has 3 aromatic rings. The van der Waals surface area contributed by atoms with E-state index in [-0.39, 0.29) is 17.1 Å². The average Bonchev–Trinajstić information content (AvgIpc) is 2.81. The molecule has 102 valence electrons. The largest absolute Gasteiger partial charge is 0.418 e. The Labute approximate surface area is 116 Å². The van der Waals surface area contributed by atoms with E-state index < -0.39 is 11.7 Å². The first-order valence-corrected chi connectivity index (χ1v) is 5.91. The molecule has 0 saturated carbocycles. The number of aromatic nitrogens is 2. The van der Waals surface area contributed by atoms with Gasteiger partial charge in [-0.25, -0.2) is 9.97 Å². The first-order valence-electron chi connectivity index (χ1n) is 5.53. The summed E-state index contributed by atoms with van der Waals surface area (Å²) in [5.74, 6) is 0.198. The van der Waals surface area contributed by atoms with Gasteiger partial charge in [-0.2, -0.15) is 13.2 Å². The second-order valence-electron chi connectivity index (χ2n) is 4.07. The normalized spacial score (nSPS) is 12.0. The van der Waals surface area contributed by atoms with E-state index in [4.69, 9.17) is 16.0 Å². The third-order valence-corrected chi connectivity index (χ3v) is 2.92. The first kappa shape index (κ1) is 12.9. The molecule has 3 rings (SSSR count). The smallest absolute Gasteiger partial charge is 0.417 e. The minimum absolute atomic E-state index is 0.0583. The quantitative estimate of drug-likeness (QED) is 0.661. The average molecular weight is 299 g/mol. The summed E-state index contributed by atoms with van der Waals surface area (Å²) < 4.78 is 43.1. The second-order valence-corrected chi connectivity index (χ2v) is 4.51. The molecule has 7 heteroatoms. The highest BCUT2D eigenvalue weighted by atomic mass is 35.5. The van der Waals surface area contributed by atoms with Crippen molar-refractivity contribution in [1.29, 1.82) is 0 Å². The Bertz CT molecular complexity index is 765. The third-order valence-electron chi connectivity index (χ3n) is 2.67. The lowest BCUT2D eigenvalue weighted by Gasteiger charge is -2.03. The van der Waals surface area contributed by atoms with Gasteiger partial charge in [0.1, 0.15) is 5.52 Å². The Balaban J connectivity index is 2.09. The van der Waals surface area contributed by atoms with Crippen molar-refractivity contribution in [3.63, 3.8) is 0 Å². The van der Waals surface area contributed by atoms with Gasteiger partial charge in [-0.3, -0.25) is 0 Å². The fourth-order valence-corrected chi connectivity index (χ4v) is 1.82. The topological polar surface area (TPSA) is 38.9 Å². The summed E-state index contributed by atoms with van der Waals surface area (Å²) in [6, 6.07) is 7.52. The van der Waals surface area contributed by atoms with E-state index >= 15 is 0 Å². The van der Waals surface area contributed by atoms with Gasteiger partial charge in [0.2, 0.25) is 11.6 Å². The van der Waals surface area contributed by atoms with Crippen molar-refractivity contribution in [3.8, 4) is 11.5 Å². The molecule has 2 aromatic heterocycles. The Hall–Kier alpha value is -2.08. The van der Waals surface area contributed by atoms with Crippen LogP contribution in [0.5, 0.6) is 0 Å². The first-order chi connectivity index (χ1) is 9.43. The number of pyridine rings is 1. The SMILES string of the molecule is FC(F)(F)c1cnc2oc(-c3ccc(Cl)cc3)nc2c1. The van der Waals surface area contributed by atoms with Crippen LogP contribution in [0.2, 0.25) is 5.02 Å². The Morgan fingerprint density at radius 2 is 1.80 bits per heavy atom. The molecule has 0 atom stereocenters. The monoisotopic (exact) mass is 298 g/mol. The Kier molecular flexibility index (Phi) is 2.90. The molecule has 20 heavy (non-hydrogen) atoms. The van der Waals surface area contributed by atoms with Gasteiger partial charge in [-0.15, -0.1) is 0 Å². The molecule has 0 saturated heterocycles. The van der Waals surface area contributed by atoms with Crippen LogP contribution in [-0.2, 0) is 6.18 Å². The zero-order chi connectivity index (χ0) is 14.3. The van der Waals surface area contributed by atoms with Crippen LogP contribution >= 0.6 is 11.6 Å². The highest BCUT2D eigenvalue weighted by Crippen LogP contribution is 2.31. The maximum atomic E-state index is 12.6. The number of benzene rings is 1. The molecule has 0 unspecified atom stereocenters. The van der Waals surface area contributed by atoms with Gasteiger partial charge in [0.05, 0.1) is 5.56 Å². The molecule has 0 fully saturated rings. The van der Waals surface area contributed by atoms with Crippen LogP contribution in [0.1, 0.15) is 5.56 Å². The summed E-state index contributed by atoms with van der Waals surface area (Å²) in [5.41, 5.74) is -0.130. The molecule has 0 aliphatic heterocycles. The number of rotatable bonds is 1. The van der Waals surface area contributed by atoms with Crippen LogP contribution in [0, 0.1) is 0 Å². The number of alkyl halides is 3. The summed E-state index contributed by atoms with van der Waals surface area (Å²) in [6.07, 6.45) is -3.74. The van der Waals surface area contributed by atoms with Crippen LogP contribution < -0.4 is 0 Å². The van der Waals surface area contributed by atoms with E-state index in [2.05, 4.69) is 9.97 Å². The Morgan fingerprint density at radius 3 is 2.45 bits per heavy atom. The van der Waals surface area contributed by atoms with Gasteiger partial charge in [0, 0.05) is 16.8 Å². The summed E-state index contributed by atoms with van der Waals surface area (Å²) in [4.78, 5) is 7.65. The maximum absolute atomic E-state index is 12.6. The van der Waals surface area contributed by atoms with Gasteiger partial charge in [0.25, 0.3) is 0 Å². The fourth-order valence-electron chi connectivity index (χ4n) is 1.69. The molecule has 0 amide bonds. The van der Waals surface area contributed by atoms with Crippen molar-refractivity contribution in [2.45, 2.75) is 6.18 Å². The maximum Gasteiger partial charge on any atom is 0.417 e. The predicted molar refractivity (Wildman–Crippen MR) is 67.3 cm³/mol. The summed E-state index contributed by atoms with van der Waals surface area (Å²) in [7, 11) is 0. The highest BCUT2D eigenvalue weighted by Gasteiger charge is 2.31. The van der Waals surface area contributed by atoms with Gasteiger partial charge < -0.3 is 4.42 Å². The zero-order valence-electron chi connectivity index (χ0n) is 9.78. The van der Waals surface area contributed by atoms with Crippen LogP contribution in [0.25, 0.3) is 22.7 Å². The van der Waals surface area contributed by atoms with Crippen molar-refractivity contribution in [1.82, 2.24) is 9.97 Å². The highest BCUT2D eigenvalue weighted by molar-refractivity contribution is 6.30.